The minimum Gasteiger partial charge on any atom is -0.465 e. The zero-order valence-corrected chi connectivity index (χ0v) is 23.0. The van der Waals surface area contributed by atoms with Crippen LogP contribution in [0.5, 0.6) is 0 Å². The van der Waals surface area contributed by atoms with E-state index >= 15 is 0 Å². The molecule has 0 aliphatic carbocycles. The van der Waals surface area contributed by atoms with E-state index in [-0.39, 0.29) is 39.1 Å². The van der Waals surface area contributed by atoms with E-state index in [2.05, 4.69) is 10.6 Å². The Kier molecular flexibility index (Phi) is 12.2. The first kappa shape index (κ1) is 32.6. The van der Waals surface area contributed by atoms with Gasteiger partial charge in [0.15, 0.2) is 0 Å². The summed E-state index contributed by atoms with van der Waals surface area (Å²) in [6.07, 6.45) is -1.44. The van der Waals surface area contributed by atoms with Crippen LogP contribution in [0.1, 0.15) is 75.7 Å². The number of nitrogens with one attached hydrogen (secondary N) is 2. The predicted molar refractivity (Wildman–Crippen MR) is 131 cm³/mol. The van der Waals surface area contributed by atoms with Gasteiger partial charge >= 0.3 is 24.0 Å². The van der Waals surface area contributed by atoms with Crippen LogP contribution in [0.4, 0.5) is 4.79 Å². The Labute approximate surface area is 209 Å². The molecule has 0 rings (SSSR count). The van der Waals surface area contributed by atoms with Crippen molar-refractivity contribution < 1.29 is 38.5 Å². The molecular formula is C24H45N3O8. The first-order chi connectivity index (χ1) is 15.6. The van der Waals surface area contributed by atoms with E-state index in [0.29, 0.717) is 0 Å². The molecule has 0 fully saturated rings. The molecule has 11 nitrogen and oxygen atoms in total. The van der Waals surface area contributed by atoms with E-state index in [0.717, 1.165) is 4.90 Å². The van der Waals surface area contributed by atoms with Crippen molar-refractivity contribution in [2.24, 2.45) is 0 Å². The van der Waals surface area contributed by atoms with Crippen LogP contribution in [0, 0.1) is 0 Å². The monoisotopic (exact) mass is 503 g/mol. The summed E-state index contributed by atoms with van der Waals surface area (Å²) in [5, 5.41) is 15.3. The molecule has 3 N–H and O–H groups in total. The summed E-state index contributed by atoms with van der Waals surface area (Å²) in [4.78, 5) is 49.9. The van der Waals surface area contributed by atoms with E-state index < -0.39 is 46.3 Å². The summed E-state index contributed by atoms with van der Waals surface area (Å²) in [7, 11) is 0. The molecule has 1 unspecified atom stereocenters. The maximum atomic E-state index is 12.9. The van der Waals surface area contributed by atoms with Crippen LogP contribution in [0.3, 0.4) is 0 Å². The standard InChI is InChI=1S/C24H45N3O8/c1-21(2,3)33-17(28)15-24(10,19(30)35-23(7,8)9)26-12-14-27(20(31)32)13-11-25-16-18(29)34-22(4,5)6/h25-26H,11-16H2,1-10H3,(H,31,32). The van der Waals surface area contributed by atoms with Crippen molar-refractivity contribution in [2.75, 3.05) is 32.7 Å². The van der Waals surface area contributed by atoms with Crippen LogP contribution in [0.15, 0.2) is 0 Å². The van der Waals surface area contributed by atoms with Crippen LogP contribution in [0.2, 0.25) is 0 Å². The van der Waals surface area contributed by atoms with Gasteiger partial charge in [-0.25, -0.2) is 4.79 Å². The lowest BCUT2D eigenvalue weighted by atomic mass is 9.97. The number of carbonyl (C=O) groups excluding carboxylic acids is 3. The molecule has 0 saturated carbocycles. The van der Waals surface area contributed by atoms with E-state index in [9.17, 15) is 24.3 Å². The summed E-state index contributed by atoms with van der Waals surface area (Å²) < 4.78 is 16.0. The van der Waals surface area contributed by atoms with Crippen molar-refractivity contribution in [2.45, 2.75) is 98.0 Å². The third kappa shape index (κ3) is 16.0. The minimum atomic E-state index is -1.42. The van der Waals surface area contributed by atoms with Gasteiger partial charge in [-0.15, -0.1) is 0 Å². The lowest BCUT2D eigenvalue weighted by molar-refractivity contribution is -0.169. The molecule has 35 heavy (non-hydrogen) atoms. The van der Waals surface area contributed by atoms with Gasteiger partial charge in [0, 0.05) is 26.2 Å². The molecule has 0 aromatic rings. The van der Waals surface area contributed by atoms with Gasteiger partial charge in [-0.3, -0.25) is 19.7 Å². The average Bonchev–Trinajstić information content (AvgIpc) is 2.58. The summed E-state index contributed by atoms with van der Waals surface area (Å²) in [5.74, 6) is -1.66. The highest BCUT2D eigenvalue weighted by molar-refractivity contribution is 5.87. The number of carbonyl (C=O) groups is 4. The third-order valence-corrected chi connectivity index (χ3v) is 4.18. The lowest BCUT2D eigenvalue weighted by Gasteiger charge is -2.33. The smallest absolute Gasteiger partial charge is 0.407 e. The minimum absolute atomic E-state index is 0.0379. The average molecular weight is 504 g/mol. The molecule has 0 bridgehead atoms. The topological polar surface area (TPSA) is 144 Å². The Hall–Kier alpha value is -2.40. The first-order valence-corrected chi connectivity index (χ1v) is 11.7. The highest BCUT2D eigenvalue weighted by Gasteiger charge is 2.40. The third-order valence-electron chi connectivity index (χ3n) is 4.18. The summed E-state index contributed by atoms with van der Waals surface area (Å²) >= 11 is 0. The fourth-order valence-corrected chi connectivity index (χ4v) is 2.82. The van der Waals surface area contributed by atoms with Crippen molar-refractivity contribution in [3.8, 4) is 0 Å². The largest absolute Gasteiger partial charge is 0.465 e. The summed E-state index contributed by atoms with van der Waals surface area (Å²) in [6, 6.07) is 0. The molecule has 11 heteroatoms. The Morgan fingerprint density at radius 3 is 1.63 bits per heavy atom. The molecule has 0 aromatic carbocycles. The maximum absolute atomic E-state index is 12.9. The molecule has 0 radical (unpaired) electrons. The molecule has 0 aromatic heterocycles. The fourth-order valence-electron chi connectivity index (χ4n) is 2.82. The molecule has 0 spiro atoms. The van der Waals surface area contributed by atoms with Gasteiger partial charge in [-0.1, -0.05) is 0 Å². The second-order valence-corrected chi connectivity index (χ2v) is 11.6. The number of hydrogen-bond donors (Lipinski definition) is 3. The molecule has 0 heterocycles. The second kappa shape index (κ2) is 13.1. The number of nitrogens with zero attached hydrogens (tertiary/aromatic N) is 1. The van der Waals surface area contributed by atoms with Crippen LogP contribution in [-0.2, 0) is 28.6 Å². The number of amides is 1. The summed E-state index contributed by atoms with van der Waals surface area (Å²) in [6.45, 7) is 17.6. The van der Waals surface area contributed by atoms with Crippen molar-refractivity contribution in [3.05, 3.63) is 0 Å². The van der Waals surface area contributed by atoms with Crippen molar-refractivity contribution in [3.63, 3.8) is 0 Å². The molecule has 0 saturated heterocycles. The molecule has 0 aliphatic heterocycles. The van der Waals surface area contributed by atoms with Crippen LogP contribution in [-0.4, -0.2) is 89.1 Å². The number of rotatable bonds is 12. The fraction of sp³-hybridized carbons (Fsp3) is 0.833. The number of ether oxygens (including phenoxy) is 3. The van der Waals surface area contributed by atoms with Crippen molar-refractivity contribution in [1.29, 1.82) is 0 Å². The zero-order valence-electron chi connectivity index (χ0n) is 23.0. The van der Waals surface area contributed by atoms with Crippen LogP contribution in [0.25, 0.3) is 0 Å². The van der Waals surface area contributed by atoms with Gasteiger partial charge in [0.25, 0.3) is 0 Å². The Morgan fingerprint density at radius 2 is 1.17 bits per heavy atom. The normalized spacial score (nSPS) is 14.0. The van der Waals surface area contributed by atoms with Gasteiger partial charge in [0.1, 0.15) is 22.3 Å². The van der Waals surface area contributed by atoms with Gasteiger partial charge in [-0.05, 0) is 69.2 Å². The van der Waals surface area contributed by atoms with Gasteiger partial charge in [0.2, 0.25) is 0 Å². The lowest BCUT2D eigenvalue weighted by Crippen LogP contribution is -2.55. The van der Waals surface area contributed by atoms with Gasteiger partial charge < -0.3 is 29.5 Å². The van der Waals surface area contributed by atoms with Crippen molar-refractivity contribution in [1.82, 2.24) is 15.5 Å². The first-order valence-electron chi connectivity index (χ1n) is 11.7. The Morgan fingerprint density at radius 1 is 0.714 bits per heavy atom. The van der Waals surface area contributed by atoms with E-state index in [1.54, 1.807) is 62.3 Å². The van der Waals surface area contributed by atoms with Gasteiger partial charge in [-0.2, -0.15) is 0 Å². The molecule has 0 aliphatic rings. The SMILES string of the molecule is CC(C)(C)OC(=O)CNCCN(CCNC(C)(CC(=O)OC(C)(C)C)C(=O)OC(C)(C)C)C(=O)O. The van der Waals surface area contributed by atoms with Gasteiger partial charge in [0.05, 0.1) is 13.0 Å². The maximum Gasteiger partial charge on any atom is 0.407 e. The van der Waals surface area contributed by atoms with E-state index in [1.807, 2.05) is 0 Å². The van der Waals surface area contributed by atoms with E-state index in [1.165, 1.54) is 6.92 Å². The van der Waals surface area contributed by atoms with Crippen molar-refractivity contribution >= 4 is 24.0 Å². The highest BCUT2D eigenvalue weighted by atomic mass is 16.6. The number of carboxylic acid groups (broad SMARTS) is 1. The Balaban J connectivity index is 5.03. The quantitative estimate of drug-likeness (QED) is 0.206. The van der Waals surface area contributed by atoms with E-state index in [4.69, 9.17) is 14.2 Å². The molecular weight excluding hydrogens is 458 g/mol. The molecule has 1 amide bonds. The summed E-state index contributed by atoms with van der Waals surface area (Å²) in [5.41, 5.74) is -3.52. The zero-order chi connectivity index (χ0) is 27.7. The molecule has 204 valence electrons. The van der Waals surface area contributed by atoms with Crippen LogP contribution >= 0.6 is 0 Å². The number of esters is 3. The second-order valence-electron chi connectivity index (χ2n) is 11.6. The molecule has 1 atom stereocenters. The highest BCUT2D eigenvalue weighted by Crippen LogP contribution is 2.20. The predicted octanol–water partition coefficient (Wildman–Crippen LogP) is 2.32. The Bertz CT molecular complexity index is 735. The van der Waals surface area contributed by atoms with Crippen LogP contribution < -0.4 is 10.6 Å². The number of hydrogen-bond acceptors (Lipinski definition) is 9.